The zero-order chi connectivity index (χ0) is 29.0. The molecule has 0 atom stereocenters. The van der Waals surface area contributed by atoms with Gasteiger partial charge in [0.1, 0.15) is 12.4 Å². The smallest absolute Gasteiger partial charge is 0.305 e. The first-order valence-corrected chi connectivity index (χ1v) is 14.3. The van der Waals surface area contributed by atoms with E-state index in [9.17, 15) is 14.7 Å². The maximum Gasteiger partial charge on any atom is 0.305 e. The number of nitrogens with zero attached hydrogens (tertiary/aromatic N) is 1. The van der Waals surface area contributed by atoms with Crippen molar-refractivity contribution in [2.45, 2.75) is 46.1 Å². The van der Waals surface area contributed by atoms with Crippen molar-refractivity contribution in [2.75, 3.05) is 13.1 Å². The Bertz CT molecular complexity index is 1420. The number of rotatable bonds is 14. The molecule has 4 aromatic carbocycles. The molecule has 0 saturated carbocycles. The van der Waals surface area contributed by atoms with E-state index in [1.807, 2.05) is 84.9 Å². The Kier molecular flexibility index (Phi) is 10.7. The molecule has 0 bridgehead atoms. The lowest BCUT2D eigenvalue weighted by molar-refractivity contribution is -0.137. The summed E-state index contributed by atoms with van der Waals surface area (Å²) < 4.78 is 6.24. The van der Waals surface area contributed by atoms with Gasteiger partial charge in [-0.3, -0.25) is 9.59 Å². The fourth-order valence-electron chi connectivity index (χ4n) is 4.80. The second-order valence-corrected chi connectivity index (χ2v) is 10.7. The van der Waals surface area contributed by atoms with Crippen LogP contribution >= 0.6 is 0 Å². The highest BCUT2D eigenvalue weighted by atomic mass is 16.5. The highest BCUT2D eigenvalue weighted by Crippen LogP contribution is 2.32. The number of amides is 1. The monoisotopic (exact) mass is 549 g/mol. The number of carboxylic acid groups (broad SMARTS) is 1. The third kappa shape index (κ3) is 8.81. The van der Waals surface area contributed by atoms with Crippen molar-refractivity contribution < 1.29 is 19.4 Å². The van der Waals surface area contributed by atoms with Crippen LogP contribution in [-0.4, -0.2) is 35.0 Å². The van der Waals surface area contributed by atoms with Crippen LogP contribution in [0, 0.1) is 5.92 Å². The molecule has 5 nitrogen and oxygen atoms in total. The fourth-order valence-corrected chi connectivity index (χ4v) is 4.80. The van der Waals surface area contributed by atoms with Crippen molar-refractivity contribution >= 4 is 11.9 Å². The molecule has 1 amide bonds. The summed E-state index contributed by atoms with van der Waals surface area (Å²) in [5.41, 5.74) is 5.80. The van der Waals surface area contributed by atoms with E-state index in [0.29, 0.717) is 31.1 Å². The van der Waals surface area contributed by atoms with Crippen LogP contribution in [0.15, 0.2) is 103 Å². The van der Waals surface area contributed by atoms with Crippen LogP contribution in [0.3, 0.4) is 0 Å². The standard InChI is InChI=1S/C36H39NO4/c1-27(2)21-23-37(24-22-35(38)39)36(40)33-20-19-30(25-31(33)18-17-28-11-5-3-6-12-28)32-15-9-10-16-34(32)41-26-29-13-7-4-8-14-29/h3-16,19-20,25,27H,17-18,21-24,26H2,1-2H3,(H,38,39). The van der Waals surface area contributed by atoms with Gasteiger partial charge < -0.3 is 14.7 Å². The number of carbonyl (C=O) groups is 2. The van der Waals surface area contributed by atoms with Crippen molar-refractivity contribution in [3.63, 3.8) is 0 Å². The van der Waals surface area contributed by atoms with E-state index in [4.69, 9.17) is 4.74 Å². The molecule has 0 fully saturated rings. The number of aliphatic carboxylic acids is 1. The Labute approximate surface area is 243 Å². The summed E-state index contributed by atoms with van der Waals surface area (Å²) >= 11 is 0. The molecule has 212 valence electrons. The first kappa shape index (κ1) is 29.6. The summed E-state index contributed by atoms with van der Waals surface area (Å²) in [6, 6.07) is 34.3. The minimum Gasteiger partial charge on any atom is -0.488 e. The summed E-state index contributed by atoms with van der Waals surface area (Å²) in [6.45, 7) is 5.40. The maximum atomic E-state index is 13.9. The number of hydrogen-bond acceptors (Lipinski definition) is 3. The summed E-state index contributed by atoms with van der Waals surface area (Å²) in [5, 5.41) is 9.31. The summed E-state index contributed by atoms with van der Waals surface area (Å²) in [6.07, 6.45) is 2.21. The number of carboxylic acids is 1. The van der Waals surface area contributed by atoms with Gasteiger partial charge in [0.15, 0.2) is 0 Å². The van der Waals surface area contributed by atoms with Gasteiger partial charge in [-0.2, -0.15) is 0 Å². The van der Waals surface area contributed by atoms with E-state index in [2.05, 4.69) is 32.0 Å². The van der Waals surface area contributed by atoms with Crippen molar-refractivity contribution in [3.05, 3.63) is 125 Å². The first-order chi connectivity index (χ1) is 19.9. The highest BCUT2D eigenvalue weighted by Gasteiger charge is 2.21. The number of hydrogen-bond donors (Lipinski definition) is 1. The molecule has 0 aromatic heterocycles. The van der Waals surface area contributed by atoms with Gasteiger partial charge in [-0.15, -0.1) is 0 Å². The van der Waals surface area contributed by atoms with Crippen LogP contribution in [0.2, 0.25) is 0 Å². The molecule has 4 rings (SSSR count). The lowest BCUT2D eigenvalue weighted by Crippen LogP contribution is -2.35. The van der Waals surface area contributed by atoms with Gasteiger partial charge in [0.25, 0.3) is 5.91 Å². The quantitative estimate of drug-likeness (QED) is 0.175. The largest absolute Gasteiger partial charge is 0.488 e. The zero-order valence-corrected chi connectivity index (χ0v) is 24.0. The second-order valence-electron chi connectivity index (χ2n) is 10.7. The van der Waals surface area contributed by atoms with Crippen LogP contribution in [0.25, 0.3) is 11.1 Å². The molecule has 0 aliphatic heterocycles. The Morgan fingerprint density at radius 3 is 2.12 bits per heavy atom. The topological polar surface area (TPSA) is 66.8 Å². The number of benzene rings is 4. The van der Waals surface area contributed by atoms with Crippen LogP contribution in [0.4, 0.5) is 0 Å². The average molecular weight is 550 g/mol. The molecule has 0 unspecified atom stereocenters. The summed E-state index contributed by atoms with van der Waals surface area (Å²) in [5.74, 6) is 0.168. The minimum atomic E-state index is -0.904. The molecule has 0 aliphatic rings. The fraction of sp³-hybridized carbons (Fsp3) is 0.278. The lowest BCUT2D eigenvalue weighted by atomic mass is 9.94. The lowest BCUT2D eigenvalue weighted by Gasteiger charge is -2.25. The van der Waals surface area contributed by atoms with Crippen molar-refractivity contribution in [3.8, 4) is 16.9 Å². The second kappa shape index (κ2) is 14.8. The normalized spacial score (nSPS) is 10.9. The van der Waals surface area contributed by atoms with Gasteiger partial charge >= 0.3 is 5.97 Å². The summed E-state index contributed by atoms with van der Waals surface area (Å²) in [4.78, 5) is 26.9. The SMILES string of the molecule is CC(C)CCN(CCC(=O)O)C(=O)c1ccc(-c2ccccc2OCc2ccccc2)cc1CCc1ccccc1. The Hall–Kier alpha value is -4.38. The van der Waals surface area contributed by atoms with Gasteiger partial charge in [0.2, 0.25) is 0 Å². The van der Waals surface area contributed by atoms with Crippen molar-refractivity contribution in [1.29, 1.82) is 0 Å². The molecule has 0 radical (unpaired) electrons. The van der Waals surface area contributed by atoms with Crippen LogP contribution in [0.5, 0.6) is 5.75 Å². The average Bonchev–Trinajstić information content (AvgIpc) is 2.99. The Balaban J connectivity index is 1.66. The van der Waals surface area contributed by atoms with Gasteiger partial charge in [0.05, 0.1) is 6.42 Å². The van der Waals surface area contributed by atoms with E-state index in [1.165, 1.54) is 5.56 Å². The number of para-hydroxylation sites is 1. The Morgan fingerprint density at radius 2 is 1.44 bits per heavy atom. The molecule has 0 heterocycles. The molecule has 41 heavy (non-hydrogen) atoms. The van der Waals surface area contributed by atoms with Crippen LogP contribution in [0.1, 0.15) is 53.7 Å². The highest BCUT2D eigenvalue weighted by molar-refractivity contribution is 5.96. The number of aryl methyl sites for hydroxylation is 2. The van der Waals surface area contributed by atoms with E-state index >= 15 is 0 Å². The zero-order valence-electron chi connectivity index (χ0n) is 24.0. The van der Waals surface area contributed by atoms with E-state index in [-0.39, 0.29) is 18.9 Å². The summed E-state index contributed by atoms with van der Waals surface area (Å²) in [7, 11) is 0. The molecular formula is C36H39NO4. The third-order valence-corrected chi connectivity index (χ3v) is 7.16. The van der Waals surface area contributed by atoms with E-state index in [0.717, 1.165) is 40.8 Å². The molecular weight excluding hydrogens is 510 g/mol. The molecule has 5 heteroatoms. The molecule has 4 aromatic rings. The van der Waals surface area contributed by atoms with E-state index in [1.54, 1.807) is 4.90 Å². The van der Waals surface area contributed by atoms with Crippen molar-refractivity contribution in [2.24, 2.45) is 5.92 Å². The van der Waals surface area contributed by atoms with Crippen molar-refractivity contribution in [1.82, 2.24) is 4.90 Å². The minimum absolute atomic E-state index is 0.0760. The van der Waals surface area contributed by atoms with Gasteiger partial charge in [-0.1, -0.05) is 105 Å². The Morgan fingerprint density at radius 1 is 0.780 bits per heavy atom. The molecule has 1 N–H and O–H groups in total. The van der Waals surface area contributed by atoms with E-state index < -0.39 is 5.97 Å². The number of ether oxygens (including phenoxy) is 1. The predicted molar refractivity (Wildman–Crippen MR) is 164 cm³/mol. The number of carbonyl (C=O) groups excluding carboxylic acids is 1. The maximum absolute atomic E-state index is 13.9. The molecule has 0 saturated heterocycles. The van der Waals surface area contributed by atoms with Gasteiger partial charge in [-0.25, -0.2) is 0 Å². The third-order valence-electron chi connectivity index (χ3n) is 7.16. The van der Waals surface area contributed by atoms with Crippen LogP contribution < -0.4 is 4.74 Å². The predicted octanol–water partition coefficient (Wildman–Crippen LogP) is 7.68. The van der Waals surface area contributed by atoms with Gasteiger partial charge in [-0.05, 0) is 59.6 Å². The van der Waals surface area contributed by atoms with Crippen LogP contribution in [-0.2, 0) is 24.2 Å². The molecule has 0 aliphatic carbocycles. The first-order valence-electron chi connectivity index (χ1n) is 14.3. The van der Waals surface area contributed by atoms with Gasteiger partial charge in [0, 0.05) is 24.2 Å². The molecule has 0 spiro atoms.